The average molecular weight is 448 g/mol. The van der Waals surface area contributed by atoms with E-state index < -0.39 is 53.4 Å². The molecule has 7 nitrogen and oxygen atoms in total. The summed E-state index contributed by atoms with van der Waals surface area (Å²) in [5.41, 5.74) is 6.93. The molecule has 0 bridgehead atoms. The monoisotopic (exact) mass is 448 g/mol. The van der Waals surface area contributed by atoms with Crippen molar-refractivity contribution in [3.63, 3.8) is 0 Å². The predicted octanol–water partition coefficient (Wildman–Crippen LogP) is 1.30. The Balaban J connectivity index is 2.08. The number of aliphatic hydroxyl groups excluding tert-OH is 1. The van der Waals surface area contributed by atoms with Crippen molar-refractivity contribution >= 4 is 17.7 Å². The average Bonchev–Trinajstić information content (AvgIpc) is 2.73. The summed E-state index contributed by atoms with van der Waals surface area (Å²) < 4.78 is 31.3. The van der Waals surface area contributed by atoms with E-state index in [4.69, 9.17) is 5.73 Å². The Morgan fingerprint density at radius 2 is 1.66 bits per heavy atom. The molecule has 3 unspecified atom stereocenters. The van der Waals surface area contributed by atoms with Crippen LogP contribution in [-0.2, 0) is 32.0 Å². The maximum atomic E-state index is 13.3. The fraction of sp³-hybridized carbons (Fsp3) is 0.348. The van der Waals surface area contributed by atoms with Gasteiger partial charge in [0.05, 0.1) is 25.7 Å². The molecule has 0 aliphatic carbocycles. The molecule has 2 aromatic rings. The molecule has 0 saturated heterocycles. The van der Waals surface area contributed by atoms with Crippen LogP contribution in [0.25, 0.3) is 0 Å². The molecule has 4 N–H and O–H groups in total. The number of nitrogens with one attached hydrogen (secondary N) is 1. The predicted molar refractivity (Wildman–Crippen MR) is 112 cm³/mol. The van der Waals surface area contributed by atoms with E-state index in [9.17, 15) is 28.3 Å². The SMILES string of the molecule is COC(=O)C(C(=O)[C@H](C)NC(=O)Cc1cc(F)cc(F)c1)C(O)C(N)Cc1ccccc1. The second-order valence-corrected chi connectivity index (χ2v) is 7.49. The van der Waals surface area contributed by atoms with Crippen LogP contribution in [0.4, 0.5) is 8.78 Å². The molecule has 0 aliphatic rings. The Kier molecular flexibility index (Phi) is 8.98. The number of aliphatic hydroxyl groups is 1. The van der Waals surface area contributed by atoms with Gasteiger partial charge in [-0.2, -0.15) is 0 Å². The molecule has 1 amide bonds. The summed E-state index contributed by atoms with van der Waals surface area (Å²) >= 11 is 0. The van der Waals surface area contributed by atoms with E-state index in [1.165, 1.54) is 6.92 Å². The number of hydrogen-bond donors (Lipinski definition) is 3. The van der Waals surface area contributed by atoms with Gasteiger partial charge in [-0.25, -0.2) is 8.78 Å². The minimum absolute atomic E-state index is 0.0779. The molecule has 0 aliphatic heterocycles. The number of carbonyl (C=O) groups is 3. The first kappa shape index (κ1) is 25.1. The van der Waals surface area contributed by atoms with Crippen LogP contribution >= 0.6 is 0 Å². The van der Waals surface area contributed by atoms with Gasteiger partial charge in [0.25, 0.3) is 0 Å². The van der Waals surface area contributed by atoms with Gasteiger partial charge in [-0.05, 0) is 36.6 Å². The molecule has 2 rings (SSSR count). The molecule has 0 saturated carbocycles. The zero-order chi connectivity index (χ0) is 23.8. The maximum absolute atomic E-state index is 13.3. The van der Waals surface area contributed by atoms with Gasteiger partial charge in [0.1, 0.15) is 17.6 Å². The summed E-state index contributed by atoms with van der Waals surface area (Å²) in [6, 6.07) is 9.51. The van der Waals surface area contributed by atoms with Gasteiger partial charge in [0, 0.05) is 12.1 Å². The number of benzene rings is 2. The Labute approximate surface area is 184 Å². The van der Waals surface area contributed by atoms with Crippen LogP contribution in [0.15, 0.2) is 48.5 Å². The van der Waals surface area contributed by atoms with Crippen molar-refractivity contribution in [1.82, 2.24) is 5.32 Å². The topological polar surface area (TPSA) is 119 Å². The Morgan fingerprint density at radius 1 is 1.06 bits per heavy atom. The smallest absolute Gasteiger partial charge is 0.319 e. The zero-order valence-corrected chi connectivity index (χ0v) is 17.8. The third kappa shape index (κ3) is 6.93. The lowest BCUT2D eigenvalue weighted by Crippen LogP contribution is -2.53. The van der Waals surface area contributed by atoms with Crippen LogP contribution in [0.3, 0.4) is 0 Å². The number of carbonyl (C=O) groups excluding carboxylic acids is 3. The van der Waals surface area contributed by atoms with Crippen molar-refractivity contribution in [3.05, 3.63) is 71.3 Å². The first-order chi connectivity index (χ1) is 15.1. The van der Waals surface area contributed by atoms with E-state index in [0.717, 1.165) is 24.8 Å². The van der Waals surface area contributed by atoms with Gasteiger partial charge in [0.2, 0.25) is 5.91 Å². The van der Waals surface area contributed by atoms with Crippen LogP contribution in [0.1, 0.15) is 18.1 Å². The largest absolute Gasteiger partial charge is 0.468 e. The number of halogens is 2. The Hall–Kier alpha value is -3.17. The minimum atomic E-state index is -1.62. The van der Waals surface area contributed by atoms with Crippen molar-refractivity contribution in [3.8, 4) is 0 Å². The highest BCUT2D eigenvalue weighted by atomic mass is 19.1. The van der Waals surface area contributed by atoms with Crippen molar-refractivity contribution in [2.75, 3.05) is 7.11 Å². The summed E-state index contributed by atoms with van der Waals surface area (Å²) in [6.07, 6.45) is -1.74. The molecule has 2 aromatic carbocycles. The molecule has 0 fully saturated rings. The number of hydrogen-bond acceptors (Lipinski definition) is 6. The molecule has 0 radical (unpaired) electrons. The highest BCUT2D eigenvalue weighted by molar-refractivity contribution is 6.03. The number of esters is 1. The quantitative estimate of drug-likeness (QED) is 0.373. The van der Waals surface area contributed by atoms with E-state index in [1.807, 2.05) is 6.07 Å². The highest BCUT2D eigenvalue weighted by Crippen LogP contribution is 2.16. The zero-order valence-electron chi connectivity index (χ0n) is 17.8. The van der Waals surface area contributed by atoms with Crippen LogP contribution in [0.5, 0.6) is 0 Å². The fourth-order valence-electron chi connectivity index (χ4n) is 3.34. The molecule has 172 valence electrons. The van der Waals surface area contributed by atoms with Crippen LogP contribution < -0.4 is 11.1 Å². The summed E-state index contributed by atoms with van der Waals surface area (Å²) in [5.74, 6) is -5.77. The van der Waals surface area contributed by atoms with Gasteiger partial charge >= 0.3 is 5.97 Å². The summed E-state index contributed by atoms with van der Waals surface area (Å²) in [6.45, 7) is 1.33. The summed E-state index contributed by atoms with van der Waals surface area (Å²) in [7, 11) is 1.07. The molecule has 0 spiro atoms. The molecular formula is C23H26F2N2O5. The van der Waals surface area contributed by atoms with Gasteiger partial charge < -0.3 is 20.9 Å². The number of rotatable bonds is 10. The number of nitrogens with two attached hydrogens (primary N) is 1. The standard InChI is InChI=1S/C23H26F2N2O5/c1-13(27-19(28)11-15-8-16(24)12-17(25)9-15)21(29)20(23(31)32-2)22(30)18(26)10-14-6-4-3-5-7-14/h3-9,12-13,18,20,22,30H,10-11,26H2,1-2H3,(H,27,28)/t13-,18?,20?,22?/m0/s1. The second-order valence-electron chi connectivity index (χ2n) is 7.49. The molecule has 32 heavy (non-hydrogen) atoms. The fourth-order valence-corrected chi connectivity index (χ4v) is 3.34. The lowest BCUT2D eigenvalue weighted by atomic mass is 9.87. The lowest BCUT2D eigenvalue weighted by molar-refractivity contribution is -0.155. The molecule has 4 atom stereocenters. The number of methoxy groups -OCH3 is 1. The summed E-state index contributed by atoms with van der Waals surface area (Å²) in [5, 5.41) is 13.0. The second kappa shape index (κ2) is 11.4. The highest BCUT2D eigenvalue weighted by Gasteiger charge is 2.40. The number of ether oxygens (including phenoxy) is 1. The van der Waals surface area contributed by atoms with Crippen molar-refractivity contribution in [2.24, 2.45) is 11.7 Å². The van der Waals surface area contributed by atoms with E-state index in [2.05, 4.69) is 10.1 Å². The van der Waals surface area contributed by atoms with Crippen molar-refractivity contribution in [2.45, 2.75) is 38.0 Å². The minimum Gasteiger partial charge on any atom is -0.468 e. The lowest BCUT2D eigenvalue weighted by Gasteiger charge is -2.27. The first-order valence-electron chi connectivity index (χ1n) is 9.95. The third-order valence-electron chi connectivity index (χ3n) is 4.95. The van der Waals surface area contributed by atoms with Crippen LogP contribution in [-0.4, -0.2) is 48.1 Å². The van der Waals surface area contributed by atoms with E-state index >= 15 is 0 Å². The molecule has 0 aromatic heterocycles. The third-order valence-corrected chi connectivity index (χ3v) is 4.95. The molecule has 0 heterocycles. The van der Waals surface area contributed by atoms with Crippen LogP contribution in [0.2, 0.25) is 0 Å². The van der Waals surface area contributed by atoms with E-state index in [-0.39, 0.29) is 18.4 Å². The normalized spacial score (nSPS) is 14.7. The van der Waals surface area contributed by atoms with Crippen molar-refractivity contribution in [1.29, 1.82) is 0 Å². The van der Waals surface area contributed by atoms with Gasteiger partial charge in [-0.3, -0.25) is 14.4 Å². The van der Waals surface area contributed by atoms with Crippen LogP contribution in [0, 0.1) is 17.6 Å². The number of ketones is 1. The number of amides is 1. The van der Waals surface area contributed by atoms with E-state index in [0.29, 0.717) is 6.07 Å². The molecule has 9 heteroatoms. The van der Waals surface area contributed by atoms with Crippen molar-refractivity contribution < 1.29 is 33.0 Å². The van der Waals surface area contributed by atoms with Gasteiger partial charge in [0.15, 0.2) is 5.78 Å². The molecular weight excluding hydrogens is 422 g/mol. The number of Topliss-reactive ketones (excluding diaryl/α,β-unsaturated/α-hetero) is 1. The summed E-state index contributed by atoms with van der Waals surface area (Å²) in [4.78, 5) is 37.4. The first-order valence-corrected chi connectivity index (χ1v) is 9.95. The Bertz CT molecular complexity index is 934. The van der Waals surface area contributed by atoms with Gasteiger partial charge in [-0.1, -0.05) is 30.3 Å². The maximum Gasteiger partial charge on any atom is 0.319 e. The Morgan fingerprint density at radius 3 is 2.22 bits per heavy atom. The van der Waals surface area contributed by atoms with Gasteiger partial charge in [-0.15, -0.1) is 0 Å². The van der Waals surface area contributed by atoms with E-state index in [1.54, 1.807) is 24.3 Å².